The van der Waals surface area contributed by atoms with E-state index in [9.17, 15) is 0 Å². The van der Waals surface area contributed by atoms with E-state index in [0.717, 1.165) is 12.1 Å². The number of allylic oxidation sites excluding steroid dienone is 3. The summed E-state index contributed by atoms with van der Waals surface area (Å²) in [5, 5.41) is 0. The maximum absolute atomic E-state index is 5.53. The van der Waals surface area contributed by atoms with Gasteiger partial charge in [0.1, 0.15) is 0 Å². The van der Waals surface area contributed by atoms with Crippen LogP contribution in [0.5, 0.6) is 0 Å². The summed E-state index contributed by atoms with van der Waals surface area (Å²) in [6.45, 7) is 4.00. The van der Waals surface area contributed by atoms with Crippen LogP contribution in [0.1, 0.15) is 39.5 Å². The van der Waals surface area contributed by atoms with Gasteiger partial charge in [0.2, 0.25) is 0 Å². The normalized spacial score (nSPS) is 19.1. The van der Waals surface area contributed by atoms with Crippen molar-refractivity contribution in [2.24, 2.45) is 10.7 Å². The van der Waals surface area contributed by atoms with E-state index in [-0.39, 0.29) is 0 Å². The summed E-state index contributed by atoms with van der Waals surface area (Å²) >= 11 is 0. The summed E-state index contributed by atoms with van der Waals surface area (Å²) in [6.07, 6.45) is 8.71. The maximum atomic E-state index is 5.53. The molecule has 0 radical (unpaired) electrons. The van der Waals surface area contributed by atoms with E-state index < -0.39 is 0 Å². The molecule has 0 fully saturated rings. The molecule has 0 amide bonds. The number of hydrogen-bond acceptors (Lipinski definition) is 2. The van der Waals surface area contributed by atoms with Crippen molar-refractivity contribution in [3.05, 3.63) is 23.5 Å². The molecule has 0 aliphatic heterocycles. The van der Waals surface area contributed by atoms with E-state index in [0.29, 0.717) is 0 Å². The van der Waals surface area contributed by atoms with Crippen LogP contribution in [0.3, 0.4) is 0 Å². The number of nitrogens with zero attached hydrogens (tertiary/aromatic N) is 1. The fraction of sp³-hybridized carbons (Fsp3) is 0.545. The first-order valence-electron chi connectivity index (χ1n) is 4.92. The molecule has 1 rings (SSSR count). The molecule has 0 saturated heterocycles. The minimum Gasteiger partial charge on any atom is -0.401 e. The molecular weight excluding hydrogens is 160 g/mol. The highest BCUT2D eigenvalue weighted by Gasteiger charge is 2.08. The van der Waals surface area contributed by atoms with Crippen LogP contribution < -0.4 is 5.73 Å². The zero-order valence-electron chi connectivity index (χ0n) is 8.51. The Labute approximate surface area is 80.2 Å². The van der Waals surface area contributed by atoms with Gasteiger partial charge in [0, 0.05) is 17.6 Å². The van der Waals surface area contributed by atoms with Crippen LogP contribution in [0, 0.1) is 0 Å². The van der Waals surface area contributed by atoms with Gasteiger partial charge in [0.15, 0.2) is 0 Å². The lowest BCUT2D eigenvalue weighted by atomic mass is 10.1. The Bertz CT molecular complexity index is 255. The lowest BCUT2D eigenvalue weighted by Crippen LogP contribution is -1.99. The first-order valence-corrected chi connectivity index (χ1v) is 4.92. The average Bonchev–Trinajstić information content (AvgIpc) is 2.58. The fourth-order valence-electron chi connectivity index (χ4n) is 1.51. The van der Waals surface area contributed by atoms with Crippen molar-refractivity contribution in [3.63, 3.8) is 0 Å². The van der Waals surface area contributed by atoms with Crippen LogP contribution in [-0.2, 0) is 0 Å². The molecule has 2 N–H and O–H groups in total. The Morgan fingerprint density at radius 2 is 2.46 bits per heavy atom. The second-order valence-electron chi connectivity index (χ2n) is 3.42. The molecule has 0 unspecified atom stereocenters. The first-order chi connectivity index (χ1) is 6.24. The summed E-state index contributed by atoms with van der Waals surface area (Å²) in [4.78, 5) is 4.39. The molecule has 0 aromatic rings. The summed E-state index contributed by atoms with van der Waals surface area (Å²) < 4.78 is 0. The number of nitrogens with two attached hydrogens (primary N) is 1. The van der Waals surface area contributed by atoms with Gasteiger partial charge in [0.25, 0.3) is 0 Å². The van der Waals surface area contributed by atoms with E-state index >= 15 is 0 Å². The lowest BCUT2D eigenvalue weighted by molar-refractivity contribution is 0.917. The third-order valence-corrected chi connectivity index (χ3v) is 2.17. The van der Waals surface area contributed by atoms with Gasteiger partial charge in [-0.2, -0.15) is 0 Å². The van der Waals surface area contributed by atoms with Gasteiger partial charge in [0.05, 0.1) is 0 Å². The largest absolute Gasteiger partial charge is 0.401 e. The quantitative estimate of drug-likeness (QED) is 0.663. The molecule has 0 atom stereocenters. The standard InChI is InChI=1S/C11H18N2/c1-3-11(13-8-9(2)12)10-6-4-5-7-10/h6,8H,3-5,7,12H2,1-2H3/b9-8+,13-11?. The zero-order chi connectivity index (χ0) is 9.68. The molecular formula is C11H18N2. The Kier molecular flexibility index (Phi) is 3.74. The van der Waals surface area contributed by atoms with Crippen LogP contribution in [0.25, 0.3) is 0 Å². The summed E-state index contributed by atoms with van der Waals surface area (Å²) in [6, 6.07) is 0. The molecule has 1 aliphatic carbocycles. The van der Waals surface area contributed by atoms with Gasteiger partial charge in [-0.15, -0.1) is 0 Å². The van der Waals surface area contributed by atoms with Gasteiger partial charge in [-0.25, -0.2) is 0 Å². The SMILES string of the molecule is CCC(=N/C=C(\C)N)C1=CCCC1. The second-order valence-corrected chi connectivity index (χ2v) is 3.42. The van der Waals surface area contributed by atoms with Crippen molar-refractivity contribution in [2.45, 2.75) is 39.5 Å². The molecule has 72 valence electrons. The van der Waals surface area contributed by atoms with Crippen LogP contribution in [0.2, 0.25) is 0 Å². The van der Waals surface area contributed by atoms with Crippen molar-refractivity contribution in [2.75, 3.05) is 0 Å². The van der Waals surface area contributed by atoms with E-state index in [4.69, 9.17) is 5.73 Å². The first kappa shape index (κ1) is 10.0. The Balaban J connectivity index is 2.72. The molecule has 0 spiro atoms. The van der Waals surface area contributed by atoms with Gasteiger partial charge < -0.3 is 5.73 Å². The van der Waals surface area contributed by atoms with Crippen LogP contribution >= 0.6 is 0 Å². The van der Waals surface area contributed by atoms with Crippen molar-refractivity contribution in [1.29, 1.82) is 0 Å². The number of aliphatic imine (C=N–C) groups is 1. The third-order valence-electron chi connectivity index (χ3n) is 2.17. The molecule has 0 saturated carbocycles. The van der Waals surface area contributed by atoms with Crippen LogP contribution in [0.4, 0.5) is 0 Å². The van der Waals surface area contributed by atoms with Gasteiger partial charge in [-0.1, -0.05) is 13.0 Å². The Morgan fingerprint density at radius 1 is 1.69 bits per heavy atom. The molecule has 0 aromatic heterocycles. The zero-order valence-corrected chi connectivity index (χ0v) is 8.51. The highest BCUT2D eigenvalue weighted by Crippen LogP contribution is 2.20. The van der Waals surface area contributed by atoms with Gasteiger partial charge >= 0.3 is 0 Å². The monoisotopic (exact) mass is 178 g/mol. The molecule has 0 heterocycles. The number of rotatable bonds is 3. The van der Waals surface area contributed by atoms with Crippen molar-refractivity contribution in [1.82, 2.24) is 0 Å². The lowest BCUT2D eigenvalue weighted by Gasteiger charge is -2.02. The summed E-state index contributed by atoms with van der Waals surface area (Å²) in [5.41, 5.74) is 8.91. The highest BCUT2D eigenvalue weighted by molar-refractivity contribution is 6.00. The molecule has 1 aliphatic rings. The molecule has 13 heavy (non-hydrogen) atoms. The predicted molar refractivity (Wildman–Crippen MR) is 57.6 cm³/mol. The van der Waals surface area contributed by atoms with Gasteiger partial charge in [-0.3, -0.25) is 4.99 Å². The minimum absolute atomic E-state index is 0.768. The third kappa shape index (κ3) is 3.05. The van der Waals surface area contributed by atoms with Crippen LogP contribution in [-0.4, -0.2) is 5.71 Å². The smallest absolute Gasteiger partial charge is 0.0455 e. The maximum Gasteiger partial charge on any atom is 0.0455 e. The van der Waals surface area contributed by atoms with E-state index in [1.54, 1.807) is 6.20 Å². The van der Waals surface area contributed by atoms with E-state index in [2.05, 4.69) is 18.0 Å². The fourth-order valence-corrected chi connectivity index (χ4v) is 1.51. The number of hydrogen-bond donors (Lipinski definition) is 1. The van der Waals surface area contributed by atoms with Crippen LogP contribution in [0.15, 0.2) is 28.5 Å². The highest BCUT2D eigenvalue weighted by atomic mass is 14.7. The second kappa shape index (κ2) is 4.85. The van der Waals surface area contributed by atoms with Crippen molar-refractivity contribution < 1.29 is 0 Å². The Morgan fingerprint density at radius 3 is 2.92 bits per heavy atom. The van der Waals surface area contributed by atoms with Gasteiger partial charge in [-0.05, 0) is 38.2 Å². The molecule has 0 bridgehead atoms. The minimum atomic E-state index is 0.768. The Hall–Kier alpha value is -1.05. The van der Waals surface area contributed by atoms with Crippen molar-refractivity contribution >= 4 is 5.71 Å². The van der Waals surface area contributed by atoms with Crippen molar-refractivity contribution in [3.8, 4) is 0 Å². The average molecular weight is 178 g/mol. The molecule has 0 aromatic carbocycles. The predicted octanol–water partition coefficient (Wildman–Crippen LogP) is 2.77. The summed E-state index contributed by atoms with van der Waals surface area (Å²) in [7, 11) is 0. The summed E-state index contributed by atoms with van der Waals surface area (Å²) in [5.74, 6) is 0. The molecule has 2 heteroatoms. The van der Waals surface area contributed by atoms with E-state index in [1.165, 1.54) is 30.5 Å². The topological polar surface area (TPSA) is 38.4 Å². The molecule has 2 nitrogen and oxygen atoms in total. The van der Waals surface area contributed by atoms with E-state index in [1.807, 2.05) is 6.92 Å².